The third-order valence-corrected chi connectivity index (χ3v) is 3.29. The average molecular weight is 251 g/mol. The molecule has 0 aromatic heterocycles. The van der Waals surface area contributed by atoms with Crippen molar-refractivity contribution >= 4 is 0 Å². The molecule has 1 fully saturated rings. The highest BCUT2D eigenvalue weighted by molar-refractivity contribution is 5.13. The van der Waals surface area contributed by atoms with Gasteiger partial charge in [-0.25, -0.2) is 0 Å². The average Bonchev–Trinajstić information content (AvgIpc) is 3.18. The highest BCUT2D eigenvalue weighted by Gasteiger charge is 2.41. The maximum Gasteiger partial charge on any atom is 0.0898 e. The van der Waals surface area contributed by atoms with Crippen molar-refractivity contribution in [2.24, 2.45) is 0 Å². The number of aliphatic hydroxyl groups is 2. The van der Waals surface area contributed by atoms with E-state index in [0.29, 0.717) is 19.8 Å². The van der Waals surface area contributed by atoms with E-state index >= 15 is 0 Å². The molecule has 0 radical (unpaired) electrons. The SMILES string of the molecule is OCC1(NCC(O)COCc2ccccc2)CC1. The topological polar surface area (TPSA) is 61.7 Å². The van der Waals surface area contributed by atoms with Crippen LogP contribution in [0.2, 0.25) is 0 Å². The summed E-state index contributed by atoms with van der Waals surface area (Å²) in [6.07, 6.45) is 1.44. The Labute approximate surface area is 108 Å². The summed E-state index contributed by atoms with van der Waals surface area (Å²) in [6, 6.07) is 9.89. The number of hydrogen-bond acceptors (Lipinski definition) is 4. The van der Waals surface area contributed by atoms with Gasteiger partial charge in [-0.2, -0.15) is 0 Å². The van der Waals surface area contributed by atoms with Gasteiger partial charge in [0.15, 0.2) is 0 Å². The standard InChI is InChI=1S/C14H21NO3/c16-11-14(6-7-14)15-8-13(17)10-18-9-12-4-2-1-3-5-12/h1-5,13,15-17H,6-11H2. The molecule has 0 heterocycles. The van der Waals surface area contributed by atoms with E-state index in [9.17, 15) is 5.11 Å². The Bertz CT molecular complexity index is 351. The molecule has 1 unspecified atom stereocenters. The zero-order valence-electron chi connectivity index (χ0n) is 10.5. The van der Waals surface area contributed by atoms with E-state index in [1.54, 1.807) is 0 Å². The summed E-state index contributed by atoms with van der Waals surface area (Å²) in [4.78, 5) is 0. The second kappa shape index (κ2) is 6.29. The summed E-state index contributed by atoms with van der Waals surface area (Å²) >= 11 is 0. The Morgan fingerprint density at radius 3 is 2.61 bits per heavy atom. The molecule has 2 rings (SSSR count). The monoisotopic (exact) mass is 251 g/mol. The quantitative estimate of drug-likeness (QED) is 0.636. The Hall–Kier alpha value is -0.940. The molecule has 4 nitrogen and oxygen atoms in total. The predicted molar refractivity (Wildman–Crippen MR) is 69.2 cm³/mol. The molecule has 1 aromatic carbocycles. The predicted octanol–water partition coefficient (Wildman–Crippen LogP) is 0.679. The van der Waals surface area contributed by atoms with E-state index in [1.807, 2.05) is 30.3 Å². The largest absolute Gasteiger partial charge is 0.394 e. The first-order valence-corrected chi connectivity index (χ1v) is 6.40. The van der Waals surface area contributed by atoms with E-state index in [1.165, 1.54) is 0 Å². The fourth-order valence-corrected chi connectivity index (χ4v) is 1.82. The summed E-state index contributed by atoms with van der Waals surface area (Å²) in [5.74, 6) is 0. The Morgan fingerprint density at radius 1 is 1.28 bits per heavy atom. The Morgan fingerprint density at radius 2 is 2.00 bits per heavy atom. The molecular formula is C14H21NO3. The number of nitrogens with one attached hydrogen (secondary N) is 1. The lowest BCUT2D eigenvalue weighted by Gasteiger charge is -2.17. The number of aliphatic hydroxyl groups excluding tert-OH is 2. The van der Waals surface area contributed by atoms with Crippen LogP contribution in [0.5, 0.6) is 0 Å². The Kier molecular flexibility index (Phi) is 4.72. The van der Waals surface area contributed by atoms with Crippen molar-refractivity contribution in [2.45, 2.75) is 31.1 Å². The molecule has 18 heavy (non-hydrogen) atoms. The normalized spacial score (nSPS) is 18.6. The molecule has 0 amide bonds. The minimum absolute atomic E-state index is 0.125. The minimum atomic E-state index is -0.530. The highest BCUT2D eigenvalue weighted by atomic mass is 16.5. The first-order chi connectivity index (χ1) is 8.74. The van der Waals surface area contributed by atoms with E-state index in [4.69, 9.17) is 9.84 Å². The van der Waals surface area contributed by atoms with Crippen LogP contribution in [0.15, 0.2) is 30.3 Å². The van der Waals surface area contributed by atoms with Crippen LogP contribution in [0.4, 0.5) is 0 Å². The highest BCUT2D eigenvalue weighted by Crippen LogP contribution is 2.34. The van der Waals surface area contributed by atoms with Crippen LogP contribution in [-0.4, -0.2) is 41.6 Å². The number of hydrogen-bond donors (Lipinski definition) is 3. The summed E-state index contributed by atoms with van der Waals surface area (Å²) in [6.45, 7) is 1.44. The van der Waals surface area contributed by atoms with Crippen molar-refractivity contribution in [3.63, 3.8) is 0 Å². The van der Waals surface area contributed by atoms with Crippen LogP contribution in [-0.2, 0) is 11.3 Å². The van der Waals surface area contributed by atoms with E-state index < -0.39 is 6.10 Å². The van der Waals surface area contributed by atoms with Crippen LogP contribution in [0, 0.1) is 0 Å². The molecular weight excluding hydrogens is 230 g/mol. The maximum absolute atomic E-state index is 9.74. The van der Waals surface area contributed by atoms with Gasteiger partial charge < -0.3 is 20.3 Å². The van der Waals surface area contributed by atoms with Crippen LogP contribution < -0.4 is 5.32 Å². The summed E-state index contributed by atoms with van der Waals surface area (Å²) in [7, 11) is 0. The number of rotatable bonds is 8. The molecule has 1 atom stereocenters. The number of benzene rings is 1. The third-order valence-electron chi connectivity index (χ3n) is 3.29. The number of β-amino-alcohol motifs (C(OH)–C–C–N with tert-alkyl or cyclic N) is 1. The minimum Gasteiger partial charge on any atom is -0.394 e. The van der Waals surface area contributed by atoms with Crippen LogP contribution in [0.3, 0.4) is 0 Å². The van der Waals surface area contributed by atoms with Crippen LogP contribution >= 0.6 is 0 Å². The van der Waals surface area contributed by atoms with Crippen LogP contribution in [0.1, 0.15) is 18.4 Å². The van der Waals surface area contributed by atoms with Gasteiger partial charge in [0, 0.05) is 12.1 Å². The van der Waals surface area contributed by atoms with Crippen molar-refractivity contribution in [3.05, 3.63) is 35.9 Å². The molecule has 100 valence electrons. The molecule has 4 heteroatoms. The van der Waals surface area contributed by atoms with Crippen molar-refractivity contribution < 1.29 is 14.9 Å². The van der Waals surface area contributed by atoms with Gasteiger partial charge in [0.1, 0.15) is 0 Å². The van der Waals surface area contributed by atoms with Gasteiger partial charge in [-0.1, -0.05) is 30.3 Å². The van der Waals surface area contributed by atoms with Gasteiger partial charge in [0.25, 0.3) is 0 Å². The molecule has 0 bridgehead atoms. The molecule has 1 saturated carbocycles. The van der Waals surface area contributed by atoms with Gasteiger partial charge in [-0.15, -0.1) is 0 Å². The van der Waals surface area contributed by atoms with Gasteiger partial charge in [-0.3, -0.25) is 0 Å². The molecule has 1 aliphatic carbocycles. The van der Waals surface area contributed by atoms with E-state index in [2.05, 4.69) is 5.32 Å². The summed E-state index contributed by atoms with van der Waals surface area (Å²) in [5, 5.41) is 22.1. The van der Waals surface area contributed by atoms with Crippen molar-refractivity contribution in [2.75, 3.05) is 19.8 Å². The van der Waals surface area contributed by atoms with E-state index in [0.717, 1.165) is 18.4 Å². The smallest absolute Gasteiger partial charge is 0.0898 e. The fourth-order valence-electron chi connectivity index (χ4n) is 1.82. The third kappa shape index (κ3) is 4.07. The first-order valence-electron chi connectivity index (χ1n) is 6.40. The maximum atomic E-state index is 9.74. The molecule has 1 aliphatic rings. The zero-order valence-corrected chi connectivity index (χ0v) is 10.5. The number of ether oxygens (including phenoxy) is 1. The second-order valence-electron chi connectivity index (χ2n) is 4.97. The molecule has 0 saturated heterocycles. The first kappa shape index (κ1) is 13.5. The molecule has 0 aliphatic heterocycles. The van der Waals surface area contributed by atoms with Gasteiger partial charge in [0.2, 0.25) is 0 Å². The Balaban J connectivity index is 1.59. The van der Waals surface area contributed by atoms with Crippen LogP contribution in [0.25, 0.3) is 0 Å². The lowest BCUT2D eigenvalue weighted by Crippen LogP contribution is -2.41. The van der Waals surface area contributed by atoms with Gasteiger partial charge in [-0.05, 0) is 18.4 Å². The van der Waals surface area contributed by atoms with Crippen molar-refractivity contribution in [1.29, 1.82) is 0 Å². The summed E-state index contributed by atoms with van der Waals surface area (Å²) in [5.41, 5.74) is 0.979. The molecule has 3 N–H and O–H groups in total. The fraction of sp³-hybridized carbons (Fsp3) is 0.571. The lowest BCUT2D eigenvalue weighted by atomic mass is 10.2. The molecule has 1 aromatic rings. The van der Waals surface area contributed by atoms with E-state index in [-0.39, 0.29) is 12.1 Å². The molecule has 0 spiro atoms. The lowest BCUT2D eigenvalue weighted by molar-refractivity contribution is 0.0259. The zero-order chi connectivity index (χ0) is 12.8. The summed E-state index contributed by atoms with van der Waals surface area (Å²) < 4.78 is 5.45. The van der Waals surface area contributed by atoms with Crippen molar-refractivity contribution in [3.8, 4) is 0 Å². The second-order valence-corrected chi connectivity index (χ2v) is 4.97. The van der Waals surface area contributed by atoms with Gasteiger partial charge >= 0.3 is 0 Å². The van der Waals surface area contributed by atoms with Gasteiger partial charge in [0.05, 0.1) is 25.9 Å². The van der Waals surface area contributed by atoms with Crippen molar-refractivity contribution in [1.82, 2.24) is 5.32 Å².